The summed E-state index contributed by atoms with van der Waals surface area (Å²) in [5.74, 6) is 0.282. The summed E-state index contributed by atoms with van der Waals surface area (Å²) in [6, 6.07) is 19.0. The standard InChI is InChI=1S/C29H31N7O2/c1-21-9-10-24(18-27(21)34-29-31-13-11-26(33-29)22-7-5-12-30-19-22)32-28(37)25-8-4-3-6-23(25)20-35-14-16-36(2,38)17-15-35/h3-13,18-19H,14-17,20H2,1-2H3,(H,32,37)(H,31,33,34). The van der Waals surface area contributed by atoms with Crippen LogP contribution in [-0.2, 0) is 6.54 Å². The number of hydrogen-bond acceptors (Lipinski definition) is 7. The Bertz CT molecular complexity index is 1420. The molecule has 9 nitrogen and oxygen atoms in total. The first-order valence-corrected chi connectivity index (χ1v) is 12.6. The molecule has 0 spiro atoms. The van der Waals surface area contributed by atoms with E-state index < -0.39 is 0 Å². The first kappa shape index (κ1) is 25.5. The molecule has 2 aromatic heterocycles. The van der Waals surface area contributed by atoms with E-state index in [0.717, 1.165) is 28.1 Å². The van der Waals surface area contributed by atoms with Crippen LogP contribution in [0.3, 0.4) is 0 Å². The number of aryl methyl sites for hydroxylation is 1. The highest BCUT2D eigenvalue weighted by molar-refractivity contribution is 6.05. The fraction of sp³-hybridized carbons (Fsp3) is 0.241. The number of quaternary nitrogens is 1. The molecule has 0 radical (unpaired) electrons. The Balaban J connectivity index is 1.30. The van der Waals surface area contributed by atoms with E-state index in [1.165, 1.54) is 0 Å². The summed E-state index contributed by atoms with van der Waals surface area (Å²) in [5, 5.41) is 18.5. The van der Waals surface area contributed by atoms with Gasteiger partial charge in [-0.15, -0.1) is 0 Å². The predicted molar refractivity (Wildman–Crippen MR) is 149 cm³/mol. The second-order valence-electron chi connectivity index (χ2n) is 9.79. The predicted octanol–water partition coefficient (Wildman–Crippen LogP) is 4.60. The van der Waals surface area contributed by atoms with Crippen molar-refractivity contribution in [1.29, 1.82) is 0 Å². The Labute approximate surface area is 222 Å². The van der Waals surface area contributed by atoms with E-state index in [4.69, 9.17) is 0 Å². The molecule has 38 heavy (non-hydrogen) atoms. The van der Waals surface area contributed by atoms with Crippen molar-refractivity contribution < 1.29 is 9.44 Å². The third kappa shape index (κ3) is 6.20. The molecule has 1 aliphatic rings. The number of piperazine rings is 1. The van der Waals surface area contributed by atoms with Crippen molar-refractivity contribution in [1.82, 2.24) is 19.9 Å². The quantitative estimate of drug-likeness (QED) is 0.277. The lowest BCUT2D eigenvalue weighted by Crippen LogP contribution is -2.53. The van der Waals surface area contributed by atoms with Crippen LogP contribution in [0.5, 0.6) is 0 Å². The Morgan fingerprint density at radius 1 is 1.05 bits per heavy atom. The van der Waals surface area contributed by atoms with Crippen molar-refractivity contribution in [2.24, 2.45) is 0 Å². The number of anilines is 3. The zero-order valence-corrected chi connectivity index (χ0v) is 21.6. The molecule has 2 N–H and O–H groups in total. The lowest BCUT2D eigenvalue weighted by atomic mass is 10.1. The molecule has 2 aromatic carbocycles. The molecule has 1 fully saturated rings. The molecule has 5 rings (SSSR count). The second-order valence-corrected chi connectivity index (χ2v) is 9.79. The van der Waals surface area contributed by atoms with Gasteiger partial charge in [0, 0.05) is 60.7 Å². The normalized spacial score (nSPS) is 15.1. The lowest BCUT2D eigenvalue weighted by molar-refractivity contribution is -0.865. The van der Waals surface area contributed by atoms with Crippen molar-refractivity contribution in [2.75, 3.05) is 43.9 Å². The Hall–Kier alpha value is -4.18. The Kier molecular flexibility index (Phi) is 7.41. The second kappa shape index (κ2) is 11.1. The molecule has 0 saturated carbocycles. The first-order valence-electron chi connectivity index (χ1n) is 12.6. The van der Waals surface area contributed by atoms with Crippen molar-refractivity contribution in [3.8, 4) is 11.3 Å². The van der Waals surface area contributed by atoms with Gasteiger partial charge in [0.05, 0.1) is 25.8 Å². The summed E-state index contributed by atoms with van der Waals surface area (Å²) >= 11 is 0. The van der Waals surface area contributed by atoms with Gasteiger partial charge in [-0.25, -0.2) is 9.97 Å². The molecule has 3 heterocycles. The average molecular weight is 510 g/mol. The van der Waals surface area contributed by atoms with Gasteiger partial charge in [-0.05, 0) is 54.4 Å². The van der Waals surface area contributed by atoms with Crippen molar-refractivity contribution >= 4 is 23.2 Å². The zero-order chi connectivity index (χ0) is 26.5. The van der Waals surface area contributed by atoms with E-state index in [1.807, 2.05) is 67.6 Å². The third-order valence-electron chi connectivity index (χ3n) is 6.79. The Morgan fingerprint density at radius 3 is 2.66 bits per heavy atom. The van der Waals surface area contributed by atoms with Crippen LogP contribution in [0.15, 0.2) is 79.3 Å². The summed E-state index contributed by atoms with van der Waals surface area (Å²) in [6.45, 7) is 5.16. The Morgan fingerprint density at radius 2 is 1.87 bits per heavy atom. The lowest BCUT2D eigenvalue weighted by Gasteiger charge is -2.45. The molecule has 0 aliphatic carbocycles. The number of amides is 1. The maximum atomic E-state index is 13.3. The summed E-state index contributed by atoms with van der Waals surface area (Å²) < 4.78 is -0.207. The van der Waals surface area contributed by atoms with Gasteiger partial charge in [0.15, 0.2) is 0 Å². The van der Waals surface area contributed by atoms with Crippen LogP contribution in [0.2, 0.25) is 0 Å². The van der Waals surface area contributed by atoms with Crippen LogP contribution >= 0.6 is 0 Å². The maximum absolute atomic E-state index is 13.3. The molecule has 9 heteroatoms. The van der Waals surface area contributed by atoms with Gasteiger partial charge >= 0.3 is 0 Å². The summed E-state index contributed by atoms with van der Waals surface area (Å²) in [5.41, 5.74) is 5.69. The number of nitrogens with one attached hydrogen (secondary N) is 2. The van der Waals surface area contributed by atoms with Crippen LogP contribution in [-0.4, -0.2) is 63.6 Å². The highest BCUT2D eigenvalue weighted by Crippen LogP contribution is 2.25. The molecule has 1 aliphatic heterocycles. The van der Waals surface area contributed by atoms with E-state index >= 15 is 0 Å². The van der Waals surface area contributed by atoms with E-state index in [-0.39, 0.29) is 10.6 Å². The SMILES string of the molecule is Cc1ccc(NC(=O)c2ccccc2CN2CC[N+](C)([O-])CC2)cc1Nc1nccc(-c2cccnc2)n1. The maximum Gasteiger partial charge on any atom is 0.255 e. The van der Waals surface area contributed by atoms with Crippen LogP contribution in [0.4, 0.5) is 17.3 Å². The van der Waals surface area contributed by atoms with Gasteiger partial charge in [-0.2, -0.15) is 0 Å². The van der Waals surface area contributed by atoms with E-state index in [1.54, 1.807) is 25.6 Å². The van der Waals surface area contributed by atoms with E-state index in [0.29, 0.717) is 49.9 Å². The topological polar surface area (TPSA) is 106 Å². The zero-order valence-electron chi connectivity index (χ0n) is 21.6. The molecule has 194 valence electrons. The molecule has 0 unspecified atom stereocenters. The molecular formula is C29H31N7O2. The van der Waals surface area contributed by atoms with Crippen LogP contribution in [0.1, 0.15) is 21.5 Å². The molecule has 0 atom stereocenters. The number of carbonyl (C=O) groups excluding carboxylic acids is 1. The van der Waals surface area contributed by atoms with E-state index in [9.17, 15) is 10.0 Å². The number of hydrogen-bond donors (Lipinski definition) is 2. The number of aromatic nitrogens is 3. The molecular weight excluding hydrogens is 478 g/mol. The van der Waals surface area contributed by atoms with Gasteiger partial charge in [0.25, 0.3) is 5.91 Å². The fourth-order valence-corrected chi connectivity index (χ4v) is 4.46. The van der Waals surface area contributed by atoms with Gasteiger partial charge in [-0.1, -0.05) is 24.3 Å². The first-order chi connectivity index (χ1) is 18.4. The summed E-state index contributed by atoms with van der Waals surface area (Å²) in [7, 11) is 1.72. The molecule has 4 aromatic rings. The number of rotatable bonds is 7. The number of carbonyl (C=O) groups is 1. The third-order valence-corrected chi connectivity index (χ3v) is 6.79. The van der Waals surface area contributed by atoms with Crippen molar-refractivity contribution in [3.05, 3.63) is 101 Å². The highest BCUT2D eigenvalue weighted by Gasteiger charge is 2.23. The van der Waals surface area contributed by atoms with Crippen LogP contribution in [0.25, 0.3) is 11.3 Å². The van der Waals surface area contributed by atoms with Gasteiger partial charge in [-0.3, -0.25) is 14.7 Å². The van der Waals surface area contributed by atoms with Gasteiger partial charge < -0.3 is 20.5 Å². The number of pyridine rings is 1. The van der Waals surface area contributed by atoms with Gasteiger partial charge in [0.2, 0.25) is 5.95 Å². The smallest absolute Gasteiger partial charge is 0.255 e. The monoisotopic (exact) mass is 509 g/mol. The molecule has 1 saturated heterocycles. The van der Waals surface area contributed by atoms with E-state index in [2.05, 4.69) is 30.5 Å². The minimum Gasteiger partial charge on any atom is -0.633 e. The molecule has 0 bridgehead atoms. The number of likely N-dealkylation sites (N-methyl/N-ethyl adjacent to an activating group) is 1. The average Bonchev–Trinajstić information content (AvgIpc) is 2.93. The largest absolute Gasteiger partial charge is 0.633 e. The van der Waals surface area contributed by atoms with Crippen molar-refractivity contribution in [2.45, 2.75) is 13.5 Å². The number of benzene rings is 2. The number of nitrogens with zero attached hydrogens (tertiary/aromatic N) is 5. The minimum absolute atomic E-state index is 0.174. The minimum atomic E-state index is -0.207. The van der Waals surface area contributed by atoms with Gasteiger partial charge in [0.1, 0.15) is 0 Å². The fourth-order valence-electron chi connectivity index (χ4n) is 4.46. The summed E-state index contributed by atoms with van der Waals surface area (Å²) in [4.78, 5) is 28.7. The summed E-state index contributed by atoms with van der Waals surface area (Å²) in [6.07, 6.45) is 5.19. The van der Waals surface area contributed by atoms with Crippen LogP contribution in [0, 0.1) is 12.1 Å². The van der Waals surface area contributed by atoms with Crippen molar-refractivity contribution in [3.63, 3.8) is 0 Å². The highest BCUT2D eigenvalue weighted by atomic mass is 16.5. The van der Waals surface area contributed by atoms with Crippen LogP contribution < -0.4 is 10.6 Å². The number of hydroxylamine groups is 3. The molecule has 1 amide bonds.